The molecule has 0 aliphatic heterocycles. The van der Waals surface area contributed by atoms with Crippen molar-refractivity contribution < 1.29 is 14.6 Å². The van der Waals surface area contributed by atoms with Gasteiger partial charge in [-0.3, -0.25) is 4.79 Å². The highest BCUT2D eigenvalue weighted by molar-refractivity contribution is 7.09. The van der Waals surface area contributed by atoms with Crippen LogP contribution in [0.5, 0.6) is 11.5 Å². The van der Waals surface area contributed by atoms with Crippen molar-refractivity contribution in [1.29, 1.82) is 0 Å². The summed E-state index contributed by atoms with van der Waals surface area (Å²) in [6, 6.07) is 15.3. The number of hydrogen-bond donors (Lipinski definition) is 2. The lowest BCUT2D eigenvalue weighted by Crippen LogP contribution is -2.12. The smallest absolute Gasteiger partial charge is 0.255 e. The molecule has 0 atom stereocenters. The summed E-state index contributed by atoms with van der Waals surface area (Å²) in [4.78, 5) is 13.4. The Morgan fingerprint density at radius 3 is 2.83 bits per heavy atom. The average molecular weight is 360 g/mol. The lowest BCUT2D eigenvalue weighted by molar-refractivity contribution is 0.102. The summed E-state index contributed by atoms with van der Waals surface area (Å²) >= 11 is 7.49. The maximum Gasteiger partial charge on any atom is 0.255 e. The summed E-state index contributed by atoms with van der Waals surface area (Å²) in [5, 5.41) is 14.8. The Morgan fingerprint density at radius 1 is 1.17 bits per heavy atom. The second-order valence-electron chi connectivity index (χ2n) is 5.01. The highest BCUT2D eigenvalue weighted by Gasteiger charge is 2.10. The van der Waals surface area contributed by atoms with Gasteiger partial charge in [-0.05, 0) is 47.8 Å². The van der Waals surface area contributed by atoms with E-state index in [0.29, 0.717) is 22.9 Å². The number of rotatable bonds is 5. The molecule has 24 heavy (non-hydrogen) atoms. The van der Waals surface area contributed by atoms with E-state index < -0.39 is 0 Å². The summed E-state index contributed by atoms with van der Waals surface area (Å²) < 4.78 is 5.69. The van der Waals surface area contributed by atoms with Gasteiger partial charge >= 0.3 is 0 Å². The molecule has 0 saturated heterocycles. The van der Waals surface area contributed by atoms with Gasteiger partial charge in [0.2, 0.25) is 0 Å². The Labute approximate surface area is 148 Å². The molecule has 3 rings (SSSR count). The lowest BCUT2D eigenvalue weighted by atomic mass is 10.2. The van der Waals surface area contributed by atoms with Crippen LogP contribution < -0.4 is 10.1 Å². The van der Waals surface area contributed by atoms with Gasteiger partial charge in [-0.25, -0.2) is 0 Å². The zero-order chi connectivity index (χ0) is 16.9. The summed E-state index contributed by atoms with van der Waals surface area (Å²) in [6.07, 6.45) is 0. The molecule has 0 bridgehead atoms. The molecule has 122 valence electrons. The fourth-order valence-electron chi connectivity index (χ4n) is 2.08. The van der Waals surface area contributed by atoms with E-state index >= 15 is 0 Å². The molecule has 0 fully saturated rings. The molecule has 2 N–H and O–H groups in total. The van der Waals surface area contributed by atoms with Crippen LogP contribution in [0.2, 0.25) is 5.02 Å². The van der Waals surface area contributed by atoms with Gasteiger partial charge in [0.05, 0.1) is 5.69 Å². The number of carbonyl (C=O) groups excluding carboxylic acids is 1. The Hall–Kier alpha value is -2.50. The Bertz CT molecular complexity index is 849. The van der Waals surface area contributed by atoms with Gasteiger partial charge in [0.1, 0.15) is 18.1 Å². The quantitative estimate of drug-likeness (QED) is 0.634. The van der Waals surface area contributed by atoms with Crippen molar-refractivity contribution in [2.45, 2.75) is 6.61 Å². The van der Waals surface area contributed by atoms with E-state index in [1.807, 2.05) is 17.5 Å². The number of thiophene rings is 1. The SMILES string of the molecule is O=C(Nc1cc(Cl)ccc1O)c1cccc(OCc2cccs2)c1. The number of anilines is 1. The Balaban J connectivity index is 1.70. The van der Waals surface area contributed by atoms with Crippen molar-refractivity contribution in [3.63, 3.8) is 0 Å². The van der Waals surface area contributed by atoms with Crippen molar-refractivity contribution in [1.82, 2.24) is 0 Å². The first-order valence-electron chi connectivity index (χ1n) is 7.17. The van der Waals surface area contributed by atoms with Gasteiger partial charge in [0, 0.05) is 15.5 Å². The van der Waals surface area contributed by atoms with E-state index in [0.717, 1.165) is 4.88 Å². The number of phenolic OH excluding ortho intramolecular Hbond substituents is 1. The number of amides is 1. The zero-order valence-corrected chi connectivity index (χ0v) is 14.1. The molecule has 6 heteroatoms. The zero-order valence-electron chi connectivity index (χ0n) is 12.5. The highest BCUT2D eigenvalue weighted by atomic mass is 35.5. The summed E-state index contributed by atoms with van der Waals surface area (Å²) in [6.45, 7) is 0.456. The van der Waals surface area contributed by atoms with E-state index in [-0.39, 0.29) is 17.3 Å². The van der Waals surface area contributed by atoms with Gasteiger partial charge in [-0.2, -0.15) is 0 Å². The van der Waals surface area contributed by atoms with Crippen LogP contribution in [0.25, 0.3) is 0 Å². The maximum absolute atomic E-state index is 12.3. The van der Waals surface area contributed by atoms with Crippen molar-refractivity contribution in [2.75, 3.05) is 5.32 Å². The van der Waals surface area contributed by atoms with Crippen LogP contribution in [0, 0.1) is 0 Å². The van der Waals surface area contributed by atoms with Crippen molar-refractivity contribution in [3.8, 4) is 11.5 Å². The fraction of sp³-hybridized carbons (Fsp3) is 0.0556. The third-order valence-electron chi connectivity index (χ3n) is 3.26. The Morgan fingerprint density at radius 2 is 2.04 bits per heavy atom. The molecular formula is C18H14ClNO3S. The molecule has 4 nitrogen and oxygen atoms in total. The van der Waals surface area contributed by atoms with Crippen LogP contribution in [0.1, 0.15) is 15.2 Å². The standard InChI is InChI=1S/C18H14ClNO3S/c19-13-6-7-17(21)16(10-13)20-18(22)12-3-1-4-14(9-12)23-11-15-5-2-8-24-15/h1-10,21H,11H2,(H,20,22). The number of hydrogen-bond acceptors (Lipinski definition) is 4. The minimum atomic E-state index is -0.353. The van der Waals surface area contributed by atoms with Gasteiger partial charge in [-0.1, -0.05) is 23.7 Å². The van der Waals surface area contributed by atoms with Gasteiger partial charge in [0.25, 0.3) is 5.91 Å². The molecule has 2 aromatic carbocycles. The van der Waals surface area contributed by atoms with E-state index in [9.17, 15) is 9.90 Å². The fourth-order valence-corrected chi connectivity index (χ4v) is 2.87. The minimum Gasteiger partial charge on any atom is -0.506 e. The highest BCUT2D eigenvalue weighted by Crippen LogP contribution is 2.27. The third kappa shape index (κ3) is 4.07. The van der Waals surface area contributed by atoms with E-state index in [1.54, 1.807) is 41.7 Å². The molecular weight excluding hydrogens is 346 g/mol. The van der Waals surface area contributed by atoms with E-state index in [1.165, 1.54) is 12.1 Å². The molecule has 0 aliphatic rings. The average Bonchev–Trinajstić information content (AvgIpc) is 3.10. The molecule has 0 aliphatic carbocycles. The monoisotopic (exact) mass is 359 g/mol. The van der Waals surface area contributed by atoms with Crippen LogP contribution in [0.4, 0.5) is 5.69 Å². The predicted octanol–water partition coefficient (Wildman–Crippen LogP) is 4.94. The second kappa shape index (κ2) is 7.38. The Kier molecular flexibility index (Phi) is 5.03. The summed E-state index contributed by atoms with van der Waals surface area (Å²) in [5.74, 6) is 0.207. The van der Waals surface area contributed by atoms with Crippen LogP contribution in [0.3, 0.4) is 0 Å². The van der Waals surface area contributed by atoms with Crippen molar-refractivity contribution >= 4 is 34.5 Å². The number of halogens is 1. The largest absolute Gasteiger partial charge is 0.506 e. The van der Waals surface area contributed by atoms with E-state index in [4.69, 9.17) is 16.3 Å². The summed E-state index contributed by atoms with van der Waals surface area (Å²) in [7, 11) is 0. The van der Waals surface area contributed by atoms with Crippen molar-refractivity contribution in [3.05, 3.63) is 75.4 Å². The normalized spacial score (nSPS) is 10.4. The molecule has 0 saturated carbocycles. The lowest BCUT2D eigenvalue weighted by Gasteiger charge is -2.09. The van der Waals surface area contributed by atoms with Gasteiger partial charge < -0.3 is 15.2 Å². The number of benzene rings is 2. The van der Waals surface area contributed by atoms with Crippen LogP contribution >= 0.6 is 22.9 Å². The molecule has 1 heterocycles. The minimum absolute atomic E-state index is 0.0437. The first kappa shape index (κ1) is 16.4. The maximum atomic E-state index is 12.3. The van der Waals surface area contributed by atoms with Crippen molar-refractivity contribution in [2.24, 2.45) is 0 Å². The molecule has 0 radical (unpaired) electrons. The molecule has 0 spiro atoms. The van der Waals surface area contributed by atoms with Crippen LogP contribution in [0.15, 0.2) is 60.0 Å². The third-order valence-corrected chi connectivity index (χ3v) is 4.35. The van der Waals surface area contributed by atoms with E-state index in [2.05, 4.69) is 5.32 Å². The predicted molar refractivity (Wildman–Crippen MR) is 96.2 cm³/mol. The molecule has 1 amide bonds. The van der Waals surface area contributed by atoms with Gasteiger partial charge in [-0.15, -0.1) is 11.3 Å². The van der Waals surface area contributed by atoms with Crippen LogP contribution in [-0.2, 0) is 6.61 Å². The molecule has 1 aromatic heterocycles. The van der Waals surface area contributed by atoms with Crippen LogP contribution in [-0.4, -0.2) is 11.0 Å². The summed E-state index contributed by atoms with van der Waals surface area (Å²) in [5.41, 5.74) is 0.690. The number of nitrogens with one attached hydrogen (secondary N) is 1. The number of ether oxygens (including phenoxy) is 1. The first-order valence-corrected chi connectivity index (χ1v) is 8.43. The first-order chi connectivity index (χ1) is 11.6. The number of phenols is 1. The number of aromatic hydroxyl groups is 1. The molecule has 3 aromatic rings. The van der Waals surface area contributed by atoms with Gasteiger partial charge in [0.15, 0.2) is 0 Å². The topological polar surface area (TPSA) is 58.6 Å². The number of carbonyl (C=O) groups is 1. The molecule has 0 unspecified atom stereocenters. The second-order valence-corrected chi connectivity index (χ2v) is 6.48.